The number of para-hydroxylation sites is 1. The molecular formula is C24H25N3O3. The van der Waals surface area contributed by atoms with Crippen LogP contribution in [0, 0.1) is 18.8 Å². The van der Waals surface area contributed by atoms with Crippen LogP contribution in [-0.4, -0.2) is 23.3 Å². The quantitative estimate of drug-likeness (QED) is 0.700. The summed E-state index contributed by atoms with van der Waals surface area (Å²) in [5.74, 6) is 0.0106. The zero-order valence-electron chi connectivity index (χ0n) is 17.1. The fourth-order valence-corrected chi connectivity index (χ4v) is 4.86. The van der Waals surface area contributed by atoms with E-state index < -0.39 is 0 Å². The first-order chi connectivity index (χ1) is 14.6. The summed E-state index contributed by atoms with van der Waals surface area (Å²) in [5.41, 5.74) is 4.31. The molecule has 2 aromatic carbocycles. The number of nitrogens with one attached hydrogen (secondary N) is 1. The van der Waals surface area contributed by atoms with Crippen LogP contribution in [0.15, 0.2) is 46.9 Å². The minimum absolute atomic E-state index is 0.0832. The van der Waals surface area contributed by atoms with E-state index in [9.17, 15) is 9.59 Å². The smallest absolute Gasteiger partial charge is 0.230 e. The average Bonchev–Trinajstić information content (AvgIpc) is 3.35. The van der Waals surface area contributed by atoms with Gasteiger partial charge in [0.2, 0.25) is 11.8 Å². The Morgan fingerprint density at radius 3 is 2.77 bits per heavy atom. The molecule has 0 unspecified atom stereocenters. The molecule has 2 heterocycles. The molecule has 1 aliphatic carbocycles. The standard InChI is InChI=1S/C24H25N3O3/c1-15-25-20-14-17(10-11-22(20)30-15)26-23(28)18-7-3-4-8-19(18)24(29)27-13-12-16-6-2-5-9-21(16)27/h2,5-6,9-11,14,18-19H,3-4,7-8,12-13H2,1H3,(H,26,28)/t18-,19-/m0/s1. The summed E-state index contributed by atoms with van der Waals surface area (Å²) in [4.78, 5) is 32.8. The third-order valence-corrected chi connectivity index (χ3v) is 6.34. The van der Waals surface area contributed by atoms with Crippen molar-refractivity contribution in [3.63, 3.8) is 0 Å². The van der Waals surface area contributed by atoms with E-state index in [1.54, 1.807) is 6.92 Å². The molecule has 1 aliphatic heterocycles. The van der Waals surface area contributed by atoms with Crippen LogP contribution in [0.5, 0.6) is 0 Å². The molecule has 2 atom stereocenters. The number of hydrogen-bond acceptors (Lipinski definition) is 4. The number of oxazole rings is 1. The van der Waals surface area contributed by atoms with Gasteiger partial charge in [0.1, 0.15) is 5.52 Å². The largest absolute Gasteiger partial charge is 0.441 e. The van der Waals surface area contributed by atoms with Gasteiger partial charge >= 0.3 is 0 Å². The summed E-state index contributed by atoms with van der Waals surface area (Å²) in [5, 5.41) is 3.02. The second kappa shape index (κ2) is 7.59. The Morgan fingerprint density at radius 1 is 1.10 bits per heavy atom. The van der Waals surface area contributed by atoms with Gasteiger partial charge in [0.15, 0.2) is 11.5 Å². The number of carbonyl (C=O) groups is 2. The molecule has 154 valence electrons. The normalized spacial score (nSPS) is 20.9. The van der Waals surface area contributed by atoms with Gasteiger partial charge in [0.05, 0.1) is 5.92 Å². The Labute approximate surface area is 175 Å². The minimum Gasteiger partial charge on any atom is -0.441 e. The van der Waals surface area contributed by atoms with Crippen molar-refractivity contribution in [2.45, 2.75) is 39.0 Å². The van der Waals surface area contributed by atoms with Gasteiger partial charge in [-0.05, 0) is 49.1 Å². The average molecular weight is 403 g/mol. The summed E-state index contributed by atoms with van der Waals surface area (Å²) in [6.45, 7) is 2.50. The third kappa shape index (κ3) is 3.36. The molecule has 2 amide bonds. The zero-order chi connectivity index (χ0) is 20.7. The van der Waals surface area contributed by atoms with Crippen LogP contribution in [-0.2, 0) is 16.0 Å². The van der Waals surface area contributed by atoms with Crippen LogP contribution < -0.4 is 10.2 Å². The van der Waals surface area contributed by atoms with Crippen LogP contribution >= 0.6 is 0 Å². The number of nitrogens with zero attached hydrogens (tertiary/aromatic N) is 2. The monoisotopic (exact) mass is 403 g/mol. The van der Waals surface area contributed by atoms with E-state index in [0.29, 0.717) is 23.7 Å². The molecule has 6 heteroatoms. The summed E-state index contributed by atoms with van der Waals surface area (Å²) in [7, 11) is 0. The van der Waals surface area contributed by atoms with E-state index in [0.717, 1.165) is 43.3 Å². The number of aryl methyl sites for hydroxylation is 1. The van der Waals surface area contributed by atoms with E-state index in [1.165, 1.54) is 5.56 Å². The van der Waals surface area contributed by atoms with Crippen molar-refractivity contribution in [3.05, 3.63) is 53.9 Å². The van der Waals surface area contributed by atoms with E-state index in [4.69, 9.17) is 4.42 Å². The number of rotatable bonds is 3. The predicted octanol–water partition coefficient (Wildman–Crippen LogP) is 4.47. The maximum Gasteiger partial charge on any atom is 0.230 e. The minimum atomic E-state index is -0.311. The maximum atomic E-state index is 13.4. The number of anilines is 2. The molecule has 1 saturated carbocycles. The van der Waals surface area contributed by atoms with Crippen molar-refractivity contribution in [1.82, 2.24) is 4.98 Å². The first-order valence-electron chi connectivity index (χ1n) is 10.7. The number of fused-ring (bicyclic) bond motifs is 2. The van der Waals surface area contributed by atoms with Gasteiger partial charge < -0.3 is 14.6 Å². The van der Waals surface area contributed by atoms with Crippen molar-refractivity contribution >= 4 is 34.3 Å². The van der Waals surface area contributed by atoms with Crippen molar-refractivity contribution in [3.8, 4) is 0 Å². The number of benzene rings is 2. The Kier molecular flexibility index (Phi) is 4.77. The Bertz CT molecular complexity index is 1120. The molecule has 3 aromatic rings. The Hall–Kier alpha value is -3.15. The van der Waals surface area contributed by atoms with E-state index in [-0.39, 0.29) is 23.7 Å². The molecule has 0 bridgehead atoms. The summed E-state index contributed by atoms with van der Waals surface area (Å²) >= 11 is 0. The molecule has 5 rings (SSSR count). The van der Waals surface area contributed by atoms with Crippen LogP contribution in [0.1, 0.15) is 37.1 Å². The number of carbonyl (C=O) groups excluding carboxylic acids is 2. The number of amides is 2. The molecule has 1 aromatic heterocycles. The topological polar surface area (TPSA) is 75.4 Å². The second-order valence-corrected chi connectivity index (χ2v) is 8.27. The van der Waals surface area contributed by atoms with E-state index in [2.05, 4.69) is 16.4 Å². The molecular weight excluding hydrogens is 378 g/mol. The molecule has 0 saturated heterocycles. The molecule has 6 nitrogen and oxygen atoms in total. The highest BCUT2D eigenvalue weighted by Crippen LogP contribution is 2.36. The number of hydrogen-bond donors (Lipinski definition) is 1. The zero-order valence-corrected chi connectivity index (χ0v) is 17.1. The Morgan fingerprint density at radius 2 is 1.90 bits per heavy atom. The van der Waals surface area contributed by atoms with Gasteiger partial charge in [-0.15, -0.1) is 0 Å². The second-order valence-electron chi connectivity index (χ2n) is 8.27. The van der Waals surface area contributed by atoms with Gasteiger partial charge in [0.25, 0.3) is 0 Å². The Balaban J connectivity index is 1.35. The lowest BCUT2D eigenvalue weighted by Gasteiger charge is -2.32. The highest BCUT2D eigenvalue weighted by atomic mass is 16.3. The number of aromatic nitrogens is 1. The van der Waals surface area contributed by atoms with Gasteiger partial charge in [-0.25, -0.2) is 4.98 Å². The highest BCUT2D eigenvalue weighted by Gasteiger charge is 2.39. The van der Waals surface area contributed by atoms with E-state index in [1.807, 2.05) is 41.3 Å². The van der Waals surface area contributed by atoms with Crippen LogP contribution in [0.3, 0.4) is 0 Å². The maximum absolute atomic E-state index is 13.4. The van der Waals surface area contributed by atoms with Crippen LogP contribution in [0.25, 0.3) is 11.1 Å². The molecule has 1 fully saturated rings. The van der Waals surface area contributed by atoms with Gasteiger partial charge in [-0.2, -0.15) is 0 Å². The fourth-order valence-electron chi connectivity index (χ4n) is 4.86. The first kappa shape index (κ1) is 18.9. The van der Waals surface area contributed by atoms with Crippen LogP contribution in [0.4, 0.5) is 11.4 Å². The molecule has 30 heavy (non-hydrogen) atoms. The van der Waals surface area contributed by atoms with Gasteiger partial charge in [-0.3, -0.25) is 9.59 Å². The third-order valence-electron chi connectivity index (χ3n) is 6.34. The van der Waals surface area contributed by atoms with Crippen molar-refractivity contribution in [2.24, 2.45) is 11.8 Å². The van der Waals surface area contributed by atoms with Gasteiger partial charge in [-0.1, -0.05) is 31.0 Å². The molecule has 1 N–H and O–H groups in total. The lowest BCUT2D eigenvalue weighted by atomic mass is 9.77. The van der Waals surface area contributed by atoms with Crippen molar-refractivity contribution < 1.29 is 14.0 Å². The summed E-state index contributed by atoms with van der Waals surface area (Å²) in [6.07, 6.45) is 4.34. The SMILES string of the molecule is Cc1nc2cc(NC(=O)[C@H]3CCCC[C@@H]3C(=O)N3CCc4ccccc43)ccc2o1. The lowest BCUT2D eigenvalue weighted by Crippen LogP contribution is -2.43. The molecule has 0 radical (unpaired) electrons. The van der Waals surface area contributed by atoms with Crippen molar-refractivity contribution in [2.75, 3.05) is 16.8 Å². The van der Waals surface area contributed by atoms with Gasteiger partial charge in [0, 0.05) is 30.8 Å². The summed E-state index contributed by atoms with van der Waals surface area (Å²) in [6, 6.07) is 13.5. The van der Waals surface area contributed by atoms with Crippen LogP contribution in [0.2, 0.25) is 0 Å². The lowest BCUT2D eigenvalue weighted by molar-refractivity contribution is -0.132. The fraction of sp³-hybridized carbons (Fsp3) is 0.375. The predicted molar refractivity (Wildman–Crippen MR) is 115 cm³/mol. The molecule has 0 spiro atoms. The van der Waals surface area contributed by atoms with Crippen molar-refractivity contribution in [1.29, 1.82) is 0 Å². The highest BCUT2D eigenvalue weighted by molar-refractivity contribution is 6.02. The van der Waals surface area contributed by atoms with E-state index >= 15 is 0 Å². The summed E-state index contributed by atoms with van der Waals surface area (Å²) < 4.78 is 5.50. The first-order valence-corrected chi connectivity index (χ1v) is 10.7. The molecule has 2 aliphatic rings.